The summed E-state index contributed by atoms with van der Waals surface area (Å²) in [7, 11) is 0. The van der Waals surface area contributed by atoms with E-state index in [1.807, 2.05) is 18.3 Å². The molecular weight excluding hydrogens is 340 g/mol. The average Bonchev–Trinajstić information content (AvgIpc) is 2.80. The Hall–Kier alpha value is -1.62. The molecule has 0 atom stereocenters. The summed E-state index contributed by atoms with van der Waals surface area (Å²) in [6, 6.07) is 8.17. The zero-order chi connectivity index (χ0) is 15.4. The highest BCUT2D eigenvalue weighted by atomic mass is 79.9. The van der Waals surface area contributed by atoms with Crippen LogP contribution in [0.3, 0.4) is 0 Å². The van der Waals surface area contributed by atoms with Gasteiger partial charge in [0.25, 0.3) is 0 Å². The van der Waals surface area contributed by atoms with E-state index >= 15 is 0 Å². The van der Waals surface area contributed by atoms with Gasteiger partial charge in [0, 0.05) is 29.4 Å². The van der Waals surface area contributed by atoms with E-state index in [2.05, 4.69) is 55.2 Å². The molecule has 1 N–H and O–H groups in total. The molecular formula is C17H21BrN4. The van der Waals surface area contributed by atoms with Gasteiger partial charge in [-0.05, 0) is 43.5 Å². The largest absolute Gasteiger partial charge is 0.356 e. The quantitative estimate of drug-likeness (QED) is 0.863. The number of hydrogen-bond acceptors (Lipinski definition) is 4. The molecule has 1 aromatic heterocycles. The third-order valence-corrected chi connectivity index (χ3v) is 4.85. The predicted molar refractivity (Wildman–Crippen MR) is 94.9 cm³/mol. The van der Waals surface area contributed by atoms with Crippen molar-refractivity contribution in [3.63, 3.8) is 0 Å². The molecule has 0 spiro atoms. The Balaban J connectivity index is 1.76. The Bertz CT molecular complexity index is 636. The Morgan fingerprint density at radius 1 is 1.09 bits per heavy atom. The van der Waals surface area contributed by atoms with E-state index in [0.29, 0.717) is 5.95 Å². The fourth-order valence-electron chi connectivity index (χ4n) is 2.69. The van der Waals surface area contributed by atoms with Gasteiger partial charge in [-0.15, -0.1) is 0 Å². The third kappa shape index (κ3) is 3.77. The summed E-state index contributed by atoms with van der Waals surface area (Å²) in [6.45, 7) is 4.25. The summed E-state index contributed by atoms with van der Waals surface area (Å²) in [5.41, 5.74) is 2.20. The molecule has 1 aliphatic rings. The van der Waals surface area contributed by atoms with Crippen LogP contribution in [0.15, 0.2) is 34.9 Å². The van der Waals surface area contributed by atoms with Gasteiger partial charge in [-0.3, -0.25) is 0 Å². The van der Waals surface area contributed by atoms with Gasteiger partial charge in [0.05, 0.1) is 0 Å². The van der Waals surface area contributed by atoms with Gasteiger partial charge < -0.3 is 10.2 Å². The predicted octanol–water partition coefficient (Wildman–Crippen LogP) is 4.67. The number of halogens is 1. The molecule has 0 unspecified atom stereocenters. The van der Waals surface area contributed by atoms with Crippen LogP contribution in [0.4, 0.5) is 17.5 Å². The van der Waals surface area contributed by atoms with Crippen LogP contribution < -0.4 is 10.2 Å². The molecule has 2 heterocycles. The van der Waals surface area contributed by atoms with Crippen LogP contribution in [0.5, 0.6) is 0 Å². The molecule has 0 bridgehead atoms. The monoisotopic (exact) mass is 360 g/mol. The Labute approximate surface area is 140 Å². The molecule has 0 aliphatic carbocycles. The lowest BCUT2D eigenvalue weighted by Crippen LogP contribution is -2.25. The van der Waals surface area contributed by atoms with Crippen LogP contribution in [0, 0.1) is 6.92 Å². The van der Waals surface area contributed by atoms with Gasteiger partial charge in [0.1, 0.15) is 5.82 Å². The number of nitrogens with zero attached hydrogens (tertiary/aromatic N) is 3. The van der Waals surface area contributed by atoms with Gasteiger partial charge in [-0.2, -0.15) is 4.98 Å². The second-order valence-electron chi connectivity index (χ2n) is 5.73. The molecule has 0 radical (unpaired) electrons. The van der Waals surface area contributed by atoms with Crippen molar-refractivity contribution in [1.29, 1.82) is 0 Å². The first-order valence-corrected chi connectivity index (χ1v) is 8.63. The smallest absolute Gasteiger partial charge is 0.229 e. The summed E-state index contributed by atoms with van der Waals surface area (Å²) in [5.74, 6) is 1.67. The minimum atomic E-state index is 0.650. The van der Waals surface area contributed by atoms with Gasteiger partial charge >= 0.3 is 0 Å². The van der Waals surface area contributed by atoms with Crippen molar-refractivity contribution in [2.45, 2.75) is 32.6 Å². The van der Waals surface area contributed by atoms with Crippen LogP contribution in [0.2, 0.25) is 0 Å². The van der Waals surface area contributed by atoms with E-state index in [1.165, 1.54) is 31.2 Å². The minimum absolute atomic E-state index is 0.650. The summed E-state index contributed by atoms with van der Waals surface area (Å²) in [6.07, 6.45) is 6.97. The van der Waals surface area contributed by atoms with E-state index in [1.54, 1.807) is 0 Å². The van der Waals surface area contributed by atoms with Crippen LogP contribution in [0.1, 0.15) is 31.2 Å². The maximum Gasteiger partial charge on any atom is 0.229 e. The number of rotatable bonds is 3. The highest BCUT2D eigenvalue weighted by Crippen LogP contribution is 2.23. The van der Waals surface area contributed by atoms with E-state index in [0.717, 1.165) is 29.1 Å². The summed E-state index contributed by atoms with van der Waals surface area (Å²) < 4.78 is 1.08. The molecule has 116 valence electrons. The van der Waals surface area contributed by atoms with E-state index in [4.69, 9.17) is 0 Å². The van der Waals surface area contributed by atoms with E-state index < -0.39 is 0 Å². The van der Waals surface area contributed by atoms with Gasteiger partial charge in [-0.1, -0.05) is 34.8 Å². The van der Waals surface area contributed by atoms with Crippen LogP contribution in [-0.2, 0) is 0 Å². The fraction of sp³-hybridized carbons (Fsp3) is 0.412. The Morgan fingerprint density at radius 3 is 2.59 bits per heavy atom. The molecule has 2 aromatic rings. The van der Waals surface area contributed by atoms with E-state index in [9.17, 15) is 0 Å². The number of aromatic nitrogens is 2. The summed E-state index contributed by atoms with van der Waals surface area (Å²) in [5, 5.41) is 3.29. The summed E-state index contributed by atoms with van der Waals surface area (Å²) in [4.78, 5) is 11.4. The minimum Gasteiger partial charge on any atom is -0.356 e. The van der Waals surface area contributed by atoms with Crippen LogP contribution in [-0.4, -0.2) is 23.1 Å². The molecule has 1 aromatic carbocycles. The van der Waals surface area contributed by atoms with Crippen molar-refractivity contribution < 1.29 is 0 Å². The topological polar surface area (TPSA) is 41.1 Å². The van der Waals surface area contributed by atoms with Crippen molar-refractivity contribution in [2.75, 3.05) is 23.3 Å². The first kappa shape index (κ1) is 15.3. The lowest BCUT2D eigenvalue weighted by Gasteiger charge is -2.21. The molecule has 22 heavy (non-hydrogen) atoms. The zero-order valence-corrected chi connectivity index (χ0v) is 14.4. The van der Waals surface area contributed by atoms with Crippen LogP contribution >= 0.6 is 15.9 Å². The number of anilines is 3. The third-order valence-electron chi connectivity index (χ3n) is 4.00. The van der Waals surface area contributed by atoms with Crippen molar-refractivity contribution in [3.05, 3.63) is 40.5 Å². The molecule has 1 fully saturated rings. The Kier molecular flexibility index (Phi) is 4.93. The van der Waals surface area contributed by atoms with Crippen molar-refractivity contribution in [1.82, 2.24) is 9.97 Å². The van der Waals surface area contributed by atoms with Crippen molar-refractivity contribution in [3.8, 4) is 0 Å². The normalized spacial score (nSPS) is 15.5. The SMILES string of the molecule is Cc1ccc(Nc2nccc(N3CCCCCC3)n2)cc1Br. The maximum atomic E-state index is 4.67. The van der Waals surface area contributed by atoms with Crippen molar-refractivity contribution in [2.24, 2.45) is 0 Å². The number of nitrogens with one attached hydrogen (secondary N) is 1. The maximum absolute atomic E-state index is 4.67. The van der Waals surface area contributed by atoms with Gasteiger partial charge in [0.15, 0.2) is 0 Å². The molecule has 1 saturated heterocycles. The molecule has 4 nitrogen and oxygen atoms in total. The van der Waals surface area contributed by atoms with Gasteiger partial charge in [-0.25, -0.2) is 4.98 Å². The fourth-order valence-corrected chi connectivity index (χ4v) is 3.06. The molecule has 0 amide bonds. The summed E-state index contributed by atoms with van der Waals surface area (Å²) >= 11 is 3.56. The first-order valence-electron chi connectivity index (χ1n) is 7.83. The molecule has 3 rings (SSSR count). The standard InChI is InChI=1S/C17H21BrN4/c1-13-6-7-14(12-15(13)18)20-17-19-9-8-16(21-17)22-10-4-2-3-5-11-22/h6-9,12H,2-5,10-11H2,1H3,(H,19,20,21). The second kappa shape index (κ2) is 7.09. The lowest BCUT2D eigenvalue weighted by atomic mass is 10.2. The Morgan fingerprint density at radius 2 is 1.86 bits per heavy atom. The molecule has 5 heteroatoms. The number of benzene rings is 1. The highest BCUT2D eigenvalue weighted by Gasteiger charge is 2.12. The molecule has 0 saturated carbocycles. The van der Waals surface area contributed by atoms with Crippen LogP contribution in [0.25, 0.3) is 0 Å². The highest BCUT2D eigenvalue weighted by molar-refractivity contribution is 9.10. The molecule has 1 aliphatic heterocycles. The second-order valence-corrected chi connectivity index (χ2v) is 6.58. The lowest BCUT2D eigenvalue weighted by molar-refractivity contribution is 0.726. The number of aryl methyl sites for hydroxylation is 1. The average molecular weight is 361 g/mol. The van der Waals surface area contributed by atoms with Gasteiger partial charge in [0.2, 0.25) is 5.95 Å². The van der Waals surface area contributed by atoms with Crippen molar-refractivity contribution >= 4 is 33.4 Å². The zero-order valence-electron chi connectivity index (χ0n) is 12.8. The first-order chi connectivity index (χ1) is 10.7. The van der Waals surface area contributed by atoms with E-state index in [-0.39, 0.29) is 0 Å². The number of hydrogen-bond donors (Lipinski definition) is 1.